The van der Waals surface area contributed by atoms with Crippen molar-refractivity contribution in [3.63, 3.8) is 0 Å². The van der Waals surface area contributed by atoms with Crippen LogP contribution in [0.2, 0.25) is 0 Å². The average molecular weight is 235 g/mol. The van der Waals surface area contributed by atoms with Crippen LogP contribution in [-0.2, 0) is 0 Å². The number of nitrogens with one attached hydrogen (secondary N) is 1. The molecule has 0 amide bonds. The normalized spacial score (nSPS) is 16.9. The van der Waals surface area contributed by atoms with Gasteiger partial charge >= 0.3 is 0 Å². The summed E-state index contributed by atoms with van der Waals surface area (Å²) in [5, 5.41) is 3.40. The lowest BCUT2D eigenvalue weighted by Crippen LogP contribution is -2.27. The summed E-state index contributed by atoms with van der Waals surface area (Å²) in [7, 11) is 0. The monoisotopic (exact) mass is 235 g/mol. The molecule has 0 aromatic carbocycles. The lowest BCUT2D eigenvalue weighted by molar-refractivity contribution is 0.347. The number of rotatable bonds is 6. The van der Waals surface area contributed by atoms with Gasteiger partial charge in [0.15, 0.2) is 0 Å². The predicted octanol–water partition coefficient (Wildman–Crippen LogP) is 4.48. The summed E-state index contributed by atoms with van der Waals surface area (Å²) in [5.74, 6) is 0.945. The molecule has 0 aliphatic carbocycles. The van der Waals surface area contributed by atoms with Crippen LogP contribution in [-0.4, -0.2) is 13.1 Å². The van der Waals surface area contributed by atoms with Gasteiger partial charge in [0, 0.05) is 0 Å². The smallest absolute Gasteiger partial charge is 0.00463 e. The molecule has 0 spiro atoms. The highest BCUT2D eigenvalue weighted by Gasteiger charge is 2.11. The van der Waals surface area contributed by atoms with E-state index < -0.39 is 0 Å². The van der Waals surface area contributed by atoms with Gasteiger partial charge in [-0.3, -0.25) is 0 Å². The molecule has 1 fully saturated rings. The van der Waals surface area contributed by atoms with Crippen molar-refractivity contribution >= 4 is 0 Å². The lowest BCUT2D eigenvalue weighted by atomic mass is 9.91. The predicted molar refractivity (Wildman–Crippen MR) is 79.3 cm³/mol. The van der Waals surface area contributed by atoms with E-state index in [9.17, 15) is 0 Å². The van der Waals surface area contributed by atoms with Crippen LogP contribution in [0.1, 0.15) is 46.0 Å². The van der Waals surface area contributed by atoms with Crippen molar-refractivity contribution in [2.24, 2.45) is 5.92 Å². The Morgan fingerprint density at radius 2 is 1.88 bits per heavy atom. The van der Waals surface area contributed by atoms with Crippen LogP contribution in [0.4, 0.5) is 0 Å². The van der Waals surface area contributed by atoms with E-state index in [2.05, 4.69) is 24.6 Å². The number of hydrogen-bond donors (Lipinski definition) is 1. The first-order valence-corrected chi connectivity index (χ1v) is 7.01. The summed E-state index contributed by atoms with van der Waals surface area (Å²) in [6.45, 7) is 14.0. The maximum absolute atomic E-state index is 3.82. The second-order valence-electron chi connectivity index (χ2n) is 4.27. The van der Waals surface area contributed by atoms with Crippen LogP contribution < -0.4 is 5.32 Å². The van der Waals surface area contributed by atoms with Crippen LogP contribution in [0, 0.1) is 5.92 Å². The zero-order valence-corrected chi connectivity index (χ0v) is 11.7. The number of piperidine rings is 1. The summed E-state index contributed by atoms with van der Waals surface area (Å²) >= 11 is 0. The van der Waals surface area contributed by atoms with Crippen molar-refractivity contribution in [1.82, 2.24) is 5.32 Å². The zero-order valence-electron chi connectivity index (χ0n) is 11.7. The van der Waals surface area contributed by atoms with Crippen molar-refractivity contribution in [2.75, 3.05) is 13.1 Å². The molecule has 17 heavy (non-hydrogen) atoms. The summed E-state index contributed by atoms with van der Waals surface area (Å²) in [6, 6.07) is 0. The second kappa shape index (κ2) is 11.7. The fraction of sp³-hybridized carbons (Fsp3) is 0.625. The molecule has 1 N–H and O–H groups in total. The van der Waals surface area contributed by atoms with Gasteiger partial charge in [0.05, 0.1) is 0 Å². The molecule has 0 unspecified atom stereocenters. The first-order chi connectivity index (χ1) is 8.36. The van der Waals surface area contributed by atoms with Crippen molar-refractivity contribution in [3.8, 4) is 0 Å². The van der Waals surface area contributed by atoms with E-state index in [1.807, 2.05) is 26.0 Å². The summed E-state index contributed by atoms with van der Waals surface area (Å²) in [4.78, 5) is 0. The van der Waals surface area contributed by atoms with Crippen molar-refractivity contribution in [3.05, 3.63) is 37.0 Å². The Hall–Kier alpha value is -0.820. The van der Waals surface area contributed by atoms with Gasteiger partial charge in [-0.2, -0.15) is 0 Å². The van der Waals surface area contributed by atoms with E-state index in [0.717, 1.165) is 12.3 Å². The molecule has 0 atom stereocenters. The molecule has 1 aliphatic heterocycles. The van der Waals surface area contributed by atoms with Gasteiger partial charge in [-0.15, -0.1) is 0 Å². The highest BCUT2D eigenvalue weighted by atomic mass is 14.9. The first kappa shape index (κ1) is 16.2. The largest absolute Gasteiger partial charge is 0.317 e. The minimum atomic E-state index is 0.945. The Morgan fingerprint density at radius 1 is 1.24 bits per heavy atom. The average Bonchev–Trinajstić information content (AvgIpc) is 2.41. The molecule has 1 heteroatoms. The van der Waals surface area contributed by atoms with Crippen LogP contribution in [0.3, 0.4) is 0 Å². The summed E-state index contributed by atoms with van der Waals surface area (Å²) in [5.41, 5.74) is 1.32. The molecule has 98 valence electrons. The summed E-state index contributed by atoms with van der Waals surface area (Å²) < 4.78 is 0. The van der Waals surface area contributed by atoms with E-state index in [0.29, 0.717) is 0 Å². The van der Waals surface area contributed by atoms with Gasteiger partial charge in [-0.1, -0.05) is 51.7 Å². The van der Waals surface area contributed by atoms with Gasteiger partial charge in [0.25, 0.3) is 0 Å². The molecule has 1 nitrogen and oxygen atoms in total. The fourth-order valence-electron chi connectivity index (χ4n) is 2.17. The zero-order chi connectivity index (χ0) is 12.9. The highest BCUT2D eigenvalue weighted by molar-refractivity contribution is 5.20. The molecule has 1 rings (SSSR count). The minimum absolute atomic E-state index is 0.945. The van der Waals surface area contributed by atoms with Crippen LogP contribution in [0.15, 0.2) is 37.0 Å². The Bertz CT molecular complexity index is 222. The molecule has 1 aliphatic rings. The van der Waals surface area contributed by atoms with Crippen molar-refractivity contribution < 1.29 is 0 Å². The molecule has 0 bridgehead atoms. The maximum Gasteiger partial charge on any atom is -0.00463 e. The highest BCUT2D eigenvalue weighted by Crippen LogP contribution is 2.20. The Morgan fingerprint density at radius 3 is 2.41 bits per heavy atom. The van der Waals surface area contributed by atoms with Crippen molar-refractivity contribution in [1.29, 1.82) is 0 Å². The summed E-state index contributed by atoms with van der Waals surface area (Å²) in [6.07, 6.45) is 12.4. The molecule has 0 saturated carbocycles. The maximum atomic E-state index is 3.82. The third-order valence-electron chi connectivity index (χ3n) is 3.13. The Labute approximate surface area is 108 Å². The molecular formula is C16H29N. The van der Waals surface area contributed by atoms with Crippen LogP contribution in [0.5, 0.6) is 0 Å². The third-order valence-corrected chi connectivity index (χ3v) is 3.13. The van der Waals surface area contributed by atoms with Crippen molar-refractivity contribution in [2.45, 2.75) is 46.0 Å². The van der Waals surface area contributed by atoms with E-state index in [-0.39, 0.29) is 0 Å². The van der Waals surface area contributed by atoms with Gasteiger partial charge in [0.1, 0.15) is 0 Å². The van der Waals surface area contributed by atoms with E-state index >= 15 is 0 Å². The molecule has 0 aromatic rings. The standard InChI is InChI=1S/C14H23N.C2H6/c1-3-6-13(4-2)7-5-8-14-9-11-15-12-10-14;1-2/h3-4,6,14-15H,1-2,5,7-12H2;1-2H3/b13-6+;. The quantitative estimate of drug-likeness (QED) is 0.669. The van der Waals surface area contributed by atoms with E-state index in [4.69, 9.17) is 0 Å². The minimum Gasteiger partial charge on any atom is -0.317 e. The van der Waals surface area contributed by atoms with E-state index in [1.165, 1.54) is 44.3 Å². The molecule has 0 aromatic heterocycles. The molecule has 0 radical (unpaired) electrons. The van der Waals surface area contributed by atoms with Gasteiger partial charge in [0.2, 0.25) is 0 Å². The second-order valence-corrected chi connectivity index (χ2v) is 4.27. The van der Waals surface area contributed by atoms with E-state index in [1.54, 1.807) is 0 Å². The van der Waals surface area contributed by atoms with Crippen LogP contribution in [0.25, 0.3) is 0 Å². The number of hydrogen-bond acceptors (Lipinski definition) is 1. The molecule has 1 heterocycles. The van der Waals surface area contributed by atoms with Gasteiger partial charge in [-0.25, -0.2) is 0 Å². The first-order valence-electron chi connectivity index (χ1n) is 7.01. The Kier molecular flexibility index (Phi) is 11.1. The SMILES string of the molecule is C=C/C=C(\C=C)CCCC1CCNCC1.CC. The lowest BCUT2D eigenvalue weighted by Gasteiger charge is -2.22. The fourth-order valence-corrected chi connectivity index (χ4v) is 2.17. The third kappa shape index (κ3) is 7.98. The molecular weight excluding hydrogens is 206 g/mol. The molecule has 1 saturated heterocycles. The Balaban J connectivity index is 0.00000121. The number of allylic oxidation sites excluding steroid dienone is 4. The topological polar surface area (TPSA) is 12.0 Å². The van der Waals surface area contributed by atoms with Crippen LogP contribution >= 0.6 is 0 Å². The van der Waals surface area contributed by atoms with Gasteiger partial charge < -0.3 is 5.32 Å². The van der Waals surface area contributed by atoms with Gasteiger partial charge in [-0.05, 0) is 50.3 Å².